The monoisotopic (exact) mass is 318 g/mol. The molecule has 2 aromatic heterocycles. The Morgan fingerprint density at radius 3 is 2.68 bits per heavy atom. The number of benzene rings is 1. The largest absolute Gasteiger partial charge is 0.438 e. The van der Waals surface area contributed by atoms with E-state index in [9.17, 15) is 9.18 Å². The third-order valence-corrected chi connectivity index (χ3v) is 3.55. The first-order valence-electron chi connectivity index (χ1n) is 6.53. The third-order valence-electron chi connectivity index (χ3n) is 3.27. The standard InChI is InChI=1S/C16H12ClFN2O2/c1-20(2)14-8-13(21)10-5-6-19-15(16(10)22-14)9-3-4-12(18)11(17)7-9/h3-8H,1-2H3. The van der Waals surface area contributed by atoms with Gasteiger partial charge in [0.25, 0.3) is 0 Å². The van der Waals surface area contributed by atoms with Crippen LogP contribution >= 0.6 is 11.6 Å². The number of nitrogens with zero attached hydrogens (tertiary/aromatic N) is 2. The molecule has 0 aliphatic heterocycles. The van der Waals surface area contributed by atoms with Crippen molar-refractivity contribution in [1.29, 1.82) is 0 Å². The summed E-state index contributed by atoms with van der Waals surface area (Å²) in [6.07, 6.45) is 1.52. The number of rotatable bonds is 2. The highest BCUT2D eigenvalue weighted by Gasteiger charge is 2.14. The molecule has 1 aromatic carbocycles. The summed E-state index contributed by atoms with van der Waals surface area (Å²) in [5.74, 6) is -0.0963. The Balaban J connectivity index is 2.34. The number of aromatic nitrogens is 1. The van der Waals surface area contributed by atoms with Crippen LogP contribution in [-0.2, 0) is 0 Å². The Labute approximate surface area is 130 Å². The van der Waals surface area contributed by atoms with E-state index in [0.29, 0.717) is 28.1 Å². The highest BCUT2D eigenvalue weighted by Crippen LogP contribution is 2.29. The van der Waals surface area contributed by atoms with Crippen molar-refractivity contribution in [2.75, 3.05) is 19.0 Å². The van der Waals surface area contributed by atoms with E-state index in [2.05, 4.69) is 4.98 Å². The number of hydrogen-bond acceptors (Lipinski definition) is 4. The summed E-state index contributed by atoms with van der Waals surface area (Å²) in [7, 11) is 3.55. The minimum absolute atomic E-state index is 0.0117. The molecule has 2 heterocycles. The lowest BCUT2D eigenvalue weighted by Gasteiger charge is -2.12. The molecule has 0 saturated carbocycles. The van der Waals surface area contributed by atoms with Gasteiger partial charge in [0.05, 0.1) is 10.4 Å². The Bertz CT molecular complexity index is 922. The third kappa shape index (κ3) is 2.44. The lowest BCUT2D eigenvalue weighted by Crippen LogP contribution is -2.12. The van der Waals surface area contributed by atoms with Crippen molar-refractivity contribution < 1.29 is 8.81 Å². The molecule has 0 N–H and O–H groups in total. The summed E-state index contributed by atoms with van der Waals surface area (Å²) in [6.45, 7) is 0. The van der Waals surface area contributed by atoms with Crippen LogP contribution in [0, 0.1) is 5.82 Å². The lowest BCUT2D eigenvalue weighted by molar-refractivity contribution is 0.597. The van der Waals surface area contributed by atoms with E-state index in [-0.39, 0.29) is 10.5 Å². The van der Waals surface area contributed by atoms with Crippen molar-refractivity contribution in [1.82, 2.24) is 4.98 Å². The number of hydrogen-bond donors (Lipinski definition) is 0. The first-order chi connectivity index (χ1) is 10.5. The molecule has 0 aliphatic rings. The fourth-order valence-electron chi connectivity index (χ4n) is 2.14. The van der Waals surface area contributed by atoms with Crippen LogP contribution in [0.4, 0.5) is 10.3 Å². The molecule has 0 fully saturated rings. The van der Waals surface area contributed by atoms with Gasteiger partial charge >= 0.3 is 0 Å². The SMILES string of the molecule is CN(C)c1cc(=O)c2ccnc(-c3ccc(F)c(Cl)c3)c2o1. The van der Waals surface area contributed by atoms with E-state index in [4.69, 9.17) is 16.0 Å². The van der Waals surface area contributed by atoms with Crippen molar-refractivity contribution in [2.45, 2.75) is 0 Å². The molecular formula is C16H12ClFN2O2. The number of pyridine rings is 1. The van der Waals surface area contributed by atoms with Gasteiger partial charge in [0.15, 0.2) is 16.9 Å². The van der Waals surface area contributed by atoms with Gasteiger partial charge in [-0.15, -0.1) is 0 Å². The fraction of sp³-hybridized carbons (Fsp3) is 0.125. The summed E-state index contributed by atoms with van der Waals surface area (Å²) >= 11 is 5.82. The molecule has 0 bridgehead atoms. The number of fused-ring (bicyclic) bond motifs is 1. The van der Waals surface area contributed by atoms with Gasteiger partial charge in [0, 0.05) is 31.9 Å². The molecule has 0 radical (unpaired) electrons. The Morgan fingerprint density at radius 1 is 1.23 bits per heavy atom. The Hall–Kier alpha value is -2.40. The maximum absolute atomic E-state index is 13.3. The van der Waals surface area contributed by atoms with Gasteiger partial charge in [0.1, 0.15) is 11.5 Å². The molecule has 0 atom stereocenters. The van der Waals surface area contributed by atoms with Crippen molar-refractivity contribution in [3.8, 4) is 11.3 Å². The molecule has 22 heavy (non-hydrogen) atoms. The highest BCUT2D eigenvalue weighted by atomic mass is 35.5. The predicted molar refractivity (Wildman–Crippen MR) is 85.0 cm³/mol. The maximum Gasteiger partial charge on any atom is 0.199 e. The number of anilines is 1. The summed E-state index contributed by atoms with van der Waals surface area (Å²) < 4.78 is 19.1. The van der Waals surface area contributed by atoms with Crippen molar-refractivity contribution in [2.24, 2.45) is 0 Å². The minimum Gasteiger partial charge on any atom is -0.438 e. The van der Waals surface area contributed by atoms with E-state index in [1.165, 1.54) is 24.4 Å². The Kier molecular flexibility index (Phi) is 3.58. The molecule has 112 valence electrons. The smallest absolute Gasteiger partial charge is 0.199 e. The Morgan fingerprint density at radius 2 is 2.00 bits per heavy atom. The van der Waals surface area contributed by atoms with Gasteiger partial charge in [-0.05, 0) is 24.3 Å². The molecule has 0 unspecified atom stereocenters. The van der Waals surface area contributed by atoms with Crippen LogP contribution in [-0.4, -0.2) is 19.1 Å². The second kappa shape index (κ2) is 5.42. The van der Waals surface area contributed by atoms with Gasteiger partial charge in [-0.1, -0.05) is 11.6 Å². The summed E-state index contributed by atoms with van der Waals surface area (Å²) in [6, 6.07) is 7.28. The second-order valence-electron chi connectivity index (χ2n) is 5.01. The van der Waals surface area contributed by atoms with E-state index in [1.807, 2.05) is 0 Å². The first-order valence-corrected chi connectivity index (χ1v) is 6.91. The van der Waals surface area contributed by atoms with Crippen LogP contribution in [0.15, 0.2) is 45.7 Å². The van der Waals surface area contributed by atoms with E-state index >= 15 is 0 Å². The average Bonchev–Trinajstić information content (AvgIpc) is 2.49. The normalized spacial score (nSPS) is 10.9. The van der Waals surface area contributed by atoms with E-state index in [0.717, 1.165) is 0 Å². The zero-order chi connectivity index (χ0) is 15.9. The molecule has 0 amide bonds. The van der Waals surface area contributed by atoms with Crippen LogP contribution in [0.1, 0.15) is 0 Å². The van der Waals surface area contributed by atoms with Crippen molar-refractivity contribution >= 4 is 28.5 Å². The summed E-state index contributed by atoms with van der Waals surface area (Å²) in [4.78, 5) is 18.2. The lowest BCUT2D eigenvalue weighted by atomic mass is 10.1. The molecular weight excluding hydrogens is 307 g/mol. The van der Waals surface area contributed by atoms with Crippen molar-refractivity contribution in [3.63, 3.8) is 0 Å². The van der Waals surface area contributed by atoms with Crippen molar-refractivity contribution in [3.05, 3.63) is 57.6 Å². The van der Waals surface area contributed by atoms with E-state index < -0.39 is 5.82 Å². The molecule has 3 aromatic rings. The minimum atomic E-state index is -0.513. The van der Waals surface area contributed by atoms with Crippen LogP contribution in [0.3, 0.4) is 0 Å². The summed E-state index contributed by atoms with van der Waals surface area (Å²) in [5, 5.41) is 0.401. The zero-order valence-corrected chi connectivity index (χ0v) is 12.7. The quantitative estimate of drug-likeness (QED) is 0.722. The fourth-order valence-corrected chi connectivity index (χ4v) is 2.32. The molecule has 3 rings (SSSR count). The van der Waals surface area contributed by atoms with Gasteiger partial charge < -0.3 is 9.32 Å². The zero-order valence-electron chi connectivity index (χ0n) is 11.9. The molecule has 0 spiro atoms. The topological polar surface area (TPSA) is 46.3 Å². The highest BCUT2D eigenvalue weighted by molar-refractivity contribution is 6.31. The maximum atomic E-state index is 13.3. The van der Waals surface area contributed by atoms with E-state index in [1.54, 1.807) is 31.1 Å². The van der Waals surface area contributed by atoms with Crippen LogP contribution in [0.25, 0.3) is 22.2 Å². The van der Waals surface area contributed by atoms with Crippen LogP contribution in [0.5, 0.6) is 0 Å². The molecule has 0 aliphatic carbocycles. The summed E-state index contributed by atoms with van der Waals surface area (Å²) in [5.41, 5.74) is 1.21. The molecule has 0 saturated heterocycles. The molecule has 4 nitrogen and oxygen atoms in total. The molecule has 6 heteroatoms. The van der Waals surface area contributed by atoms with Gasteiger partial charge in [-0.3, -0.25) is 9.78 Å². The average molecular weight is 319 g/mol. The first kappa shape index (κ1) is 14.5. The van der Waals surface area contributed by atoms with Gasteiger partial charge in [-0.25, -0.2) is 4.39 Å². The van der Waals surface area contributed by atoms with Gasteiger partial charge in [-0.2, -0.15) is 0 Å². The second-order valence-corrected chi connectivity index (χ2v) is 5.42. The van der Waals surface area contributed by atoms with Gasteiger partial charge in [0.2, 0.25) is 0 Å². The number of halogens is 2. The predicted octanol–water partition coefficient (Wildman–Crippen LogP) is 3.71. The van der Waals surface area contributed by atoms with Crippen LogP contribution < -0.4 is 10.3 Å². The van der Waals surface area contributed by atoms with Crippen LogP contribution in [0.2, 0.25) is 5.02 Å².